The lowest BCUT2D eigenvalue weighted by atomic mass is 10.0. The Kier molecular flexibility index (Phi) is 42.0. The first-order valence-electron chi connectivity index (χ1n) is 22.1. The van der Waals surface area contributed by atoms with Gasteiger partial charge in [-0.3, -0.25) is 4.79 Å². The van der Waals surface area contributed by atoms with Crippen LogP contribution in [0.25, 0.3) is 0 Å². The molecule has 4 nitrogen and oxygen atoms in total. The molecule has 54 heavy (non-hydrogen) atoms. The van der Waals surface area contributed by atoms with Gasteiger partial charge in [-0.25, -0.2) is 0 Å². The van der Waals surface area contributed by atoms with Crippen molar-refractivity contribution in [2.75, 3.05) is 6.61 Å². The van der Waals surface area contributed by atoms with Crippen molar-refractivity contribution in [1.29, 1.82) is 0 Å². The van der Waals surface area contributed by atoms with Crippen LogP contribution in [0.2, 0.25) is 0 Å². The minimum absolute atomic E-state index is 0.0882. The Labute approximate surface area is 334 Å². The number of allylic oxidation sites excluding steroid dienone is 17. The molecule has 0 aromatic heterocycles. The standard InChI is InChI=1S/C50H83NO3/c1-3-5-7-9-11-13-15-16-17-18-19-20-21-22-23-24-25-26-27-28-29-30-31-32-33-34-36-38-40-42-44-46-50(54)51-48(47-52)49(53)45-43-41-39-37-35-14-12-10-8-6-4-2/h5,7-8,10-11,13,16-17,19-20,22-23,25-26,35,37,43,45,48-49,52-53H,3-4,6,9,12,14-15,18,21,24,27-34,36,38-42,44,46-47H2,1-2H3,(H,51,54)/b7-5-,10-8+,13-11-,17-16-,20-19-,23-22-,26-25-,37-35+,45-43+. The molecule has 3 N–H and O–H groups in total. The molecule has 0 aromatic rings. The van der Waals surface area contributed by atoms with E-state index in [0.29, 0.717) is 6.42 Å². The van der Waals surface area contributed by atoms with Gasteiger partial charge >= 0.3 is 0 Å². The van der Waals surface area contributed by atoms with E-state index < -0.39 is 12.1 Å². The van der Waals surface area contributed by atoms with Crippen LogP contribution >= 0.6 is 0 Å². The zero-order chi connectivity index (χ0) is 39.3. The van der Waals surface area contributed by atoms with E-state index in [1.807, 2.05) is 6.08 Å². The number of aliphatic hydroxyl groups is 2. The molecule has 0 saturated heterocycles. The predicted octanol–water partition coefficient (Wildman–Crippen LogP) is 14.0. The minimum atomic E-state index is -0.875. The summed E-state index contributed by atoms with van der Waals surface area (Å²) in [5, 5.41) is 22.9. The van der Waals surface area contributed by atoms with Crippen LogP contribution < -0.4 is 5.32 Å². The number of unbranched alkanes of at least 4 members (excludes halogenated alkanes) is 15. The Morgan fingerprint density at radius 1 is 0.463 bits per heavy atom. The van der Waals surface area contributed by atoms with Gasteiger partial charge in [0.05, 0.1) is 18.8 Å². The van der Waals surface area contributed by atoms with Gasteiger partial charge in [0.25, 0.3) is 0 Å². The lowest BCUT2D eigenvalue weighted by Gasteiger charge is -2.19. The number of carbonyl (C=O) groups excluding carboxylic acids is 1. The Morgan fingerprint density at radius 2 is 0.833 bits per heavy atom. The number of carbonyl (C=O) groups is 1. The molecule has 0 heterocycles. The van der Waals surface area contributed by atoms with Gasteiger partial charge in [-0.15, -0.1) is 0 Å². The van der Waals surface area contributed by atoms with E-state index in [4.69, 9.17) is 0 Å². The molecule has 0 aromatic carbocycles. The predicted molar refractivity (Wildman–Crippen MR) is 239 cm³/mol. The van der Waals surface area contributed by atoms with Crippen LogP contribution in [-0.2, 0) is 4.79 Å². The second-order valence-electron chi connectivity index (χ2n) is 14.4. The Hall–Kier alpha value is -2.95. The van der Waals surface area contributed by atoms with Gasteiger partial charge in [-0.1, -0.05) is 194 Å². The zero-order valence-corrected chi connectivity index (χ0v) is 34.9. The quantitative estimate of drug-likeness (QED) is 0.0435. The fraction of sp³-hybridized carbons (Fsp3) is 0.620. The molecule has 0 bridgehead atoms. The van der Waals surface area contributed by atoms with Gasteiger partial charge in [0, 0.05) is 6.42 Å². The minimum Gasteiger partial charge on any atom is -0.394 e. The van der Waals surface area contributed by atoms with Crippen molar-refractivity contribution >= 4 is 5.91 Å². The number of nitrogens with one attached hydrogen (secondary N) is 1. The third-order valence-electron chi connectivity index (χ3n) is 9.20. The van der Waals surface area contributed by atoms with Crippen molar-refractivity contribution in [3.8, 4) is 0 Å². The summed E-state index contributed by atoms with van der Waals surface area (Å²) in [5.74, 6) is -0.0882. The van der Waals surface area contributed by atoms with E-state index in [0.717, 1.165) is 83.5 Å². The number of rotatable bonds is 38. The molecule has 0 spiro atoms. The third-order valence-corrected chi connectivity index (χ3v) is 9.20. The molecule has 0 saturated carbocycles. The lowest BCUT2D eigenvalue weighted by molar-refractivity contribution is -0.123. The lowest BCUT2D eigenvalue weighted by Crippen LogP contribution is -2.45. The monoisotopic (exact) mass is 746 g/mol. The summed E-state index contributed by atoms with van der Waals surface area (Å²) in [7, 11) is 0. The van der Waals surface area contributed by atoms with Crippen molar-refractivity contribution in [2.24, 2.45) is 0 Å². The summed E-state index contributed by atoms with van der Waals surface area (Å²) in [6.45, 7) is 4.08. The maximum Gasteiger partial charge on any atom is 0.220 e. The summed E-state index contributed by atoms with van der Waals surface area (Å²) in [6.07, 6.45) is 67.8. The van der Waals surface area contributed by atoms with E-state index in [9.17, 15) is 15.0 Å². The zero-order valence-electron chi connectivity index (χ0n) is 34.9. The van der Waals surface area contributed by atoms with E-state index in [-0.39, 0.29) is 12.5 Å². The highest BCUT2D eigenvalue weighted by Gasteiger charge is 2.17. The maximum atomic E-state index is 12.4. The van der Waals surface area contributed by atoms with Crippen molar-refractivity contribution in [3.05, 3.63) is 109 Å². The van der Waals surface area contributed by atoms with E-state index in [2.05, 4.69) is 116 Å². The molecule has 0 rings (SSSR count). The number of hydrogen-bond acceptors (Lipinski definition) is 3. The molecule has 1 amide bonds. The Bertz CT molecular complexity index is 1070. The first-order chi connectivity index (χ1) is 26.7. The summed E-state index contributed by atoms with van der Waals surface area (Å²) in [6, 6.07) is -0.651. The smallest absolute Gasteiger partial charge is 0.220 e. The first-order valence-corrected chi connectivity index (χ1v) is 22.1. The van der Waals surface area contributed by atoms with Crippen LogP contribution in [0.1, 0.15) is 181 Å². The molecule has 2 atom stereocenters. The van der Waals surface area contributed by atoms with Crippen LogP contribution in [0, 0.1) is 0 Å². The average molecular weight is 746 g/mol. The molecular weight excluding hydrogens is 663 g/mol. The molecule has 306 valence electrons. The van der Waals surface area contributed by atoms with Crippen LogP contribution in [0.15, 0.2) is 109 Å². The molecular formula is C50H83NO3. The maximum absolute atomic E-state index is 12.4. The molecule has 0 aliphatic rings. The summed E-state index contributed by atoms with van der Waals surface area (Å²) in [5.41, 5.74) is 0. The second kappa shape index (κ2) is 44.4. The molecule has 4 heteroatoms. The van der Waals surface area contributed by atoms with Gasteiger partial charge in [0.2, 0.25) is 5.91 Å². The topological polar surface area (TPSA) is 69.6 Å². The number of amides is 1. The van der Waals surface area contributed by atoms with Crippen molar-refractivity contribution in [2.45, 2.75) is 193 Å². The fourth-order valence-corrected chi connectivity index (χ4v) is 5.87. The molecule has 0 radical (unpaired) electrons. The van der Waals surface area contributed by atoms with Crippen LogP contribution in [0.5, 0.6) is 0 Å². The number of hydrogen-bond donors (Lipinski definition) is 3. The van der Waals surface area contributed by atoms with Crippen molar-refractivity contribution < 1.29 is 15.0 Å². The summed E-state index contributed by atoms with van der Waals surface area (Å²) >= 11 is 0. The SMILES string of the molecule is CC/C=C\C/C=C\C/C=C\C/C=C\C/C=C\C/C=C\CCCCCCCCCCCCCCC(=O)NC(CO)C(O)/C=C/CC/C=C/CC/C=C/CCC. The highest BCUT2D eigenvalue weighted by molar-refractivity contribution is 5.76. The van der Waals surface area contributed by atoms with Crippen molar-refractivity contribution in [3.63, 3.8) is 0 Å². The first kappa shape index (κ1) is 51.0. The average Bonchev–Trinajstić information content (AvgIpc) is 3.18. The van der Waals surface area contributed by atoms with Gasteiger partial charge < -0.3 is 15.5 Å². The van der Waals surface area contributed by atoms with Gasteiger partial charge in [0.15, 0.2) is 0 Å². The largest absolute Gasteiger partial charge is 0.394 e. The highest BCUT2D eigenvalue weighted by atomic mass is 16.3. The molecule has 2 unspecified atom stereocenters. The summed E-state index contributed by atoms with van der Waals surface area (Å²) < 4.78 is 0. The summed E-state index contributed by atoms with van der Waals surface area (Å²) in [4.78, 5) is 12.4. The van der Waals surface area contributed by atoms with Crippen LogP contribution in [0.3, 0.4) is 0 Å². The van der Waals surface area contributed by atoms with E-state index in [1.165, 1.54) is 77.0 Å². The van der Waals surface area contributed by atoms with Gasteiger partial charge in [-0.05, 0) is 89.9 Å². The second-order valence-corrected chi connectivity index (χ2v) is 14.4. The Balaban J connectivity index is 3.60. The molecule has 0 fully saturated rings. The van der Waals surface area contributed by atoms with Crippen LogP contribution in [-0.4, -0.2) is 34.9 Å². The van der Waals surface area contributed by atoms with Crippen LogP contribution in [0.4, 0.5) is 0 Å². The van der Waals surface area contributed by atoms with E-state index >= 15 is 0 Å². The van der Waals surface area contributed by atoms with Gasteiger partial charge in [0.1, 0.15) is 0 Å². The molecule has 0 aliphatic heterocycles. The number of aliphatic hydroxyl groups excluding tert-OH is 2. The molecule has 0 aliphatic carbocycles. The fourth-order valence-electron chi connectivity index (χ4n) is 5.87. The van der Waals surface area contributed by atoms with Crippen molar-refractivity contribution in [1.82, 2.24) is 5.32 Å². The van der Waals surface area contributed by atoms with E-state index in [1.54, 1.807) is 6.08 Å². The van der Waals surface area contributed by atoms with Gasteiger partial charge in [-0.2, -0.15) is 0 Å². The third kappa shape index (κ3) is 40.2. The highest BCUT2D eigenvalue weighted by Crippen LogP contribution is 2.13. The normalized spacial score (nSPS) is 14.1. The Morgan fingerprint density at radius 3 is 1.28 bits per heavy atom.